The average Bonchev–Trinajstić information content (AvgIpc) is 2.72. The van der Waals surface area contributed by atoms with Gasteiger partial charge in [0.15, 0.2) is 0 Å². The van der Waals surface area contributed by atoms with Crippen molar-refractivity contribution in [2.45, 2.75) is 18.5 Å². The third kappa shape index (κ3) is 2.48. The van der Waals surface area contributed by atoms with Crippen molar-refractivity contribution in [2.24, 2.45) is 0 Å². The predicted molar refractivity (Wildman–Crippen MR) is 61.9 cm³/mol. The van der Waals surface area contributed by atoms with Crippen molar-refractivity contribution < 1.29 is 19.5 Å². The number of carbonyl (C=O) groups is 3. The number of carbonyl (C=O) groups excluding carboxylic acids is 2. The fourth-order valence-electron chi connectivity index (χ4n) is 1.79. The molecule has 2 amide bonds. The lowest BCUT2D eigenvalue weighted by Gasteiger charge is -2.09. The molecule has 0 saturated carbocycles. The quantitative estimate of drug-likeness (QED) is 0.687. The molecule has 1 heterocycles. The fourth-order valence-corrected chi connectivity index (χ4v) is 1.79. The van der Waals surface area contributed by atoms with Crippen LogP contribution in [0.2, 0.25) is 0 Å². The Morgan fingerprint density at radius 2 is 1.94 bits per heavy atom. The molecule has 6 heteroatoms. The highest BCUT2D eigenvalue weighted by Crippen LogP contribution is 2.09. The number of hydrogen-bond donors (Lipinski definition) is 3. The molecular formula is C12H12N2O4. The minimum atomic E-state index is -1.10. The zero-order valence-electron chi connectivity index (χ0n) is 9.42. The van der Waals surface area contributed by atoms with E-state index in [2.05, 4.69) is 10.6 Å². The molecule has 0 aliphatic carbocycles. The van der Waals surface area contributed by atoms with Crippen LogP contribution in [-0.2, 0) is 9.59 Å². The first-order valence-corrected chi connectivity index (χ1v) is 5.47. The van der Waals surface area contributed by atoms with Crippen molar-refractivity contribution >= 4 is 17.8 Å². The number of carboxylic acid groups (broad SMARTS) is 1. The van der Waals surface area contributed by atoms with E-state index in [9.17, 15) is 14.4 Å². The third-order valence-corrected chi connectivity index (χ3v) is 2.74. The van der Waals surface area contributed by atoms with Crippen molar-refractivity contribution in [2.75, 3.05) is 0 Å². The number of benzene rings is 1. The maximum absolute atomic E-state index is 11.8. The van der Waals surface area contributed by atoms with Crippen LogP contribution in [0.5, 0.6) is 0 Å². The summed E-state index contributed by atoms with van der Waals surface area (Å²) < 4.78 is 0. The van der Waals surface area contributed by atoms with Crippen molar-refractivity contribution in [3.63, 3.8) is 0 Å². The van der Waals surface area contributed by atoms with Gasteiger partial charge in [-0.3, -0.25) is 9.59 Å². The Bertz CT molecular complexity index is 486. The van der Waals surface area contributed by atoms with E-state index in [0.29, 0.717) is 5.56 Å². The minimum absolute atomic E-state index is 0.0622. The molecule has 1 aliphatic rings. The number of hydrogen-bond acceptors (Lipinski definition) is 3. The zero-order chi connectivity index (χ0) is 13.1. The van der Waals surface area contributed by atoms with Gasteiger partial charge in [-0.15, -0.1) is 0 Å². The zero-order valence-corrected chi connectivity index (χ0v) is 9.42. The van der Waals surface area contributed by atoms with Gasteiger partial charge in [-0.2, -0.15) is 0 Å². The van der Waals surface area contributed by atoms with Gasteiger partial charge in [0.1, 0.15) is 12.1 Å². The van der Waals surface area contributed by atoms with Gasteiger partial charge in [-0.25, -0.2) is 4.79 Å². The van der Waals surface area contributed by atoms with E-state index >= 15 is 0 Å². The van der Waals surface area contributed by atoms with Crippen molar-refractivity contribution in [3.05, 3.63) is 35.9 Å². The van der Waals surface area contributed by atoms with Gasteiger partial charge >= 0.3 is 5.97 Å². The van der Waals surface area contributed by atoms with E-state index < -0.39 is 24.0 Å². The van der Waals surface area contributed by atoms with E-state index in [4.69, 9.17) is 5.11 Å². The smallest absolute Gasteiger partial charge is 0.326 e. The topological polar surface area (TPSA) is 95.5 Å². The normalized spacial score (nSPS) is 22.3. The van der Waals surface area contributed by atoms with E-state index in [1.54, 1.807) is 30.3 Å². The molecule has 2 rings (SSSR count). The highest BCUT2D eigenvalue weighted by Gasteiger charge is 2.36. The lowest BCUT2D eigenvalue weighted by Crippen LogP contribution is -2.40. The first-order valence-electron chi connectivity index (χ1n) is 5.47. The Labute approximate surface area is 103 Å². The number of amides is 2. The lowest BCUT2D eigenvalue weighted by molar-refractivity contribution is -0.140. The number of nitrogens with one attached hydrogen (secondary N) is 2. The van der Waals surface area contributed by atoms with Crippen LogP contribution < -0.4 is 10.6 Å². The van der Waals surface area contributed by atoms with Gasteiger partial charge in [0.25, 0.3) is 5.91 Å². The van der Waals surface area contributed by atoms with Crippen LogP contribution in [0.15, 0.2) is 30.3 Å². The molecule has 0 radical (unpaired) electrons. The molecule has 6 nitrogen and oxygen atoms in total. The second-order valence-electron chi connectivity index (χ2n) is 4.03. The Morgan fingerprint density at radius 3 is 2.50 bits per heavy atom. The molecule has 1 aromatic rings. The second-order valence-corrected chi connectivity index (χ2v) is 4.03. The van der Waals surface area contributed by atoms with Gasteiger partial charge in [-0.05, 0) is 12.1 Å². The highest BCUT2D eigenvalue weighted by molar-refractivity contribution is 5.99. The van der Waals surface area contributed by atoms with Crippen LogP contribution in [0.25, 0.3) is 0 Å². The standard InChI is InChI=1S/C12H12N2O4/c15-10(7-4-2-1-3-5-7)13-8-6-9(12(17)18)14-11(8)16/h1-5,8-9H,6H2,(H,13,15)(H,14,16)(H,17,18)/t8-,9-/m0/s1. The molecule has 18 heavy (non-hydrogen) atoms. The fraction of sp³-hybridized carbons (Fsp3) is 0.250. The van der Waals surface area contributed by atoms with Crippen LogP contribution in [0.1, 0.15) is 16.8 Å². The summed E-state index contributed by atoms with van der Waals surface area (Å²) in [6, 6.07) is 6.72. The van der Waals surface area contributed by atoms with Crippen LogP contribution in [-0.4, -0.2) is 35.0 Å². The molecule has 2 atom stereocenters. The summed E-state index contributed by atoms with van der Waals surface area (Å²) in [4.78, 5) is 34.0. The van der Waals surface area contributed by atoms with Crippen molar-refractivity contribution in [1.82, 2.24) is 10.6 Å². The van der Waals surface area contributed by atoms with Crippen molar-refractivity contribution in [3.8, 4) is 0 Å². The van der Waals surface area contributed by atoms with Crippen LogP contribution in [0.3, 0.4) is 0 Å². The van der Waals surface area contributed by atoms with Gasteiger partial charge in [0.05, 0.1) is 0 Å². The Kier molecular flexibility index (Phi) is 3.27. The van der Waals surface area contributed by atoms with Crippen LogP contribution in [0, 0.1) is 0 Å². The highest BCUT2D eigenvalue weighted by atomic mass is 16.4. The molecule has 0 spiro atoms. The van der Waals surface area contributed by atoms with Crippen LogP contribution >= 0.6 is 0 Å². The largest absolute Gasteiger partial charge is 0.480 e. The maximum Gasteiger partial charge on any atom is 0.326 e. The summed E-state index contributed by atoms with van der Waals surface area (Å²) in [5.74, 6) is -1.95. The first-order chi connectivity index (χ1) is 8.58. The van der Waals surface area contributed by atoms with Gasteiger partial charge in [0, 0.05) is 12.0 Å². The summed E-state index contributed by atoms with van der Waals surface area (Å²) in [6.45, 7) is 0. The Hall–Kier alpha value is -2.37. The van der Waals surface area contributed by atoms with E-state index in [1.165, 1.54) is 0 Å². The van der Waals surface area contributed by atoms with Gasteiger partial charge in [-0.1, -0.05) is 18.2 Å². The monoisotopic (exact) mass is 248 g/mol. The molecule has 0 aromatic heterocycles. The predicted octanol–water partition coefficient (Wildman–Crippen LogP) is -0.242. The second kappa shape index (κ2) is 4.87. The Balaban J connectivity index is 2.01. The molecule has 1 saturated heterocycles. The Morgan fingerprint density at radius 1 is 1.28 bits per heavy atom. The summed E-state index contributed by atoms with van der Waals surface area (Å²) in [7, 11) is 0. The molecule has 1 aromatic carbocycles. The summed E-state index contributed by atoms with van der Waals surface area (Å²) in [5.41, 5.74) is 0.434. The van der Waals surface area contributed by atoms with Gasteiger partial charge < -0.3 is 15.7 Å². The molecule has 0 bridgehead atoms. The van der Waals surface area contributed by atoms with Gasteiger partial charge in [0.2, 0.25) is 5.91 Å². The number of carboxylic acids is 1. The first kappa shape index (κ1) is 12.1. The maximum atomic E-state index is 11.8. The third-order valence-electron chi connectivity index (χ3n) is 2.74. The summed E-state index contributed by atoms with van der Waals surface area (Å²) in [6.07, 6.45) is 0.0622. The number of rotatable bonds is 3. The average molecular weight is 248 g/mol. The molecule has 1 fully saturated rings. The summed E-state index contributed by atoms with van der Waals surface area (Å²) in [5, 5.41) is 13.6. The van der Waals surface area contributed by atoms with E-state index in [-0.39, 0.29) is 12.3 Å². The number of aliphatic carboxylic acids is 1. The minimum Gasteiger partial charge on any atom is -0.480 e. The SMILES string of the molecule is O=C(N[C@H]1C[C@@H](C(=O)O)NC1=O)c1ccccc1. The van der Waals surface area contributed by atoms with Crippen molar-refractivity contribution in [1.29, 1.82) is 0 Å². The van der Waals surface area contributed by atoms with Crippen LogP contribution in [0.4, 0.5) is 0 Å². The molecule has 94 valence electrons. The summed E-state index contributed by atoms with van der Waals surface area (Å²) >= 11 is 0. The van der Waals surface area contributed by atoms with E-state index in [0.717, 1.165) is 0 Å². The van der Waals surface area contributed by atoms with E-state index in [1.807, 2.05) is 0 Å². The molecule has 1 aliphatic heterocycles. The molecule has 3 N–H and O–H groups in total. The molecule has 0 unspecified atom stereocenters. The molecular weight excluding hydrogens is 236 g/mol. The lowest BCUT2D eigenvalue weighted by atomic mass is 10.1.